The van der Waals surface area contributed by atoms with Gasteiger partial charge in [-0.15, -0.1) is 0 Å². The Balaban J connectivity index is -0.000000425. The van der Waals surface area contributed by atoms with Crippen molar-refractivity contribution in [2.24, 2.45) is 0 Å². The zero-order valence-electron chi connectivity index (χ0n) is 41.6. The standard InChI is InChI=1S/3C16H26O5.BH.U/c1-4-5-6-7-8-9-13-14(21-13)10-12(16(18)20-3)11-15(17)19-2;2*1-4-5-6-7-8-9-14(17)11-10-13(16(19)21-3)12-15(18)20-2;;/h10,13-14H,4-9,11H2,1-3H3;2*10-12,14,17H,4-9H2,1-3H3;1H;/b12-10+;11-10+,13-12+;11-10+,13-12-;;/t13-,14-;2*14-;;/m000../s1/i;;;1D;. The maximum atomic E-state index is 11.6. The third kappa shape index (κ3) is 38.3. The van der Waals surface area contributed by atoms with Gasteiger partial charge in [-0.25, -0.2) is 24.0 Å². The molecule has 0 bridgehead atoms. The number of rotatable bonds is 30. The molecule has 15 nitrogen and oxygen atoms in total. The minimum Gasteiger partial charge on any atom is -0.469 e. The predicted octanol–water partition coefficient (Wildman–Crippen LogP) is 7.20. The van der Waals surface area contributed by atoms with Crippen LogP contribution in [0, 0.1) is 31.1 Å². The smallest absolute Gasteiger partial charge is 0.338 e. The molecule has 1 heterocycles. The van der Waals surface area contributed by atoms with Gasteiger partial charge in [0.15, 0.2) is 0 Å². The Morgan fingerprint density at radius 3 is 1.31 bits per heavy atom. The van der Waals surface area contributed by atoms with Gasteiger partial charge in [-0.2, -0.15) is 0 Å². The van der Waals surface area contributed by atoms with Crippen molar-refractivity contribution in [2.75, 3.05) is 42.7 Å². The van der Waals surface area contributed by atoms with Crippen LogP contribution in [0.15, 0.2) is 59.3 Å². The van der Waals surface area contributed by atoms with E-state index in [-0.39, 0.29) is 60.9 Å². The molecule has 0 saturated carbocycles. The Labute approximate surface area is 415 Å². The fourth-order valence-corrected chi connectivity index (χ4v) is 5.73. The SMILES string of the molecule is CCCCCCC[C@@H]1O[C@H]1/C=C(\CC(=O)OC)C(=O)OC.CCCCCCC[C@H](O)/C=C/C(=C/C(=O)OC)C(=O)OC.CCCCCCC[C@H](O)/C=C/C(=C\C(=O)OC)C(=O)OC.[2H][B].[U]. The normalized spacial score (nSPS) is 15.4. The van der Waals surface area contributed by atoms with E-state index in [1.165, 1.54) is 131 Å². The minimum atomic E-state index is -0.646. The van der Waals surface area contributed by atoms with Crippen molar-refractivity contribution in [3.05, 3.63) is 59.3 Å². The summed E-state index contributed by atoms with van der Waals surface area (Å²) in [6.07, 6.45) is 27.8. The second-order valence-electron chi connectivity index (χ2n) is 14.8. The number of unbranched alkanes of at least 4 members (excludes halogenated alkanes) is 12. The molecule has 1 saturated heterocycles. The fourth-order valence-electron chi connectivity index (χ4n) is 5.73. The molecule has 17 heteroatoms. The third-order valence-electron chi connectivity index (χ3n) is 9.58. The van der Waals surface area contributed by atoms with Gasteiger partial charge in [0.2, 0.25) is 0 Å². The molecule has 0 unspecified atom stereocenters. The van der Waals surface area contributed by atoms with Crippen molar-refractivity contribution >= 4 is 44.2 Å². The van der Waals surface area contributed by atoms with Crippen LogP contribution in [0.4, 0.5) is 0 Å². The van der Waals surface area contributed by atoms with Gasteiger partial charge in [-0.3, -0.25) is 4.79 Å². The Bertz CT molecular complexity index is 1410. The number of hydrogen-bond donors (Lipinski definition) is 2. The number of carbonyl (C=O) groups excluding carboxylic acids is 6. The third-order valence-corrected chi connectivity index (χ3v) is 9.58. The Kier molecular flexibility index (Phi) is 46.2. The summed E-state index contributed by atoms with van der Waals surface area (Å²) in [6, 6.07) is 0. The van der Waals surface area contributed by atoms with Gasteiger partial charge in [-0.05, 0) is 38.8 Å². The Morgan fingerprint density at radius 2 is 0.954 bits per heavy atom. The summed E-state index contributed by atoms with van der Waals surface area (Å²) < 4.78 is 38.1. The summed E-state index contributed by atoms with van der Waals surface area (Å²) in [5.74, 6) is -3.54. The van der Waals surface area contributed by atoms with Crippen LogP contribution in [0.5, 0.6) is 0 Å². The zero-order valence-corrected chi connectivity index (χ0v) is 44.7. The van der Waals surface area contributed by atoms with Gasteiger partial charge < -0.3 is 43.4 Å². The predicted molar refractivity (Wildman–Crippen MR) is 247 cm³/mol. The molecular formula is C48H79BO15U. The van der Waals surface area contributed by atoms with E-state index >= 15 is 0 Å². The van der Waals surface area contributed by atoms with Crippen LogP contribution in [0.3, 0.4) is 0 Å². The van der Waals surface area contributed by atoms with E-state index in [0.717, 1.165) is 50.7 Å². The first-order valence-electron chi connectivity index (χ1n) is 22.8. The molecule has 0 amide bonds. The summed E-state index contributed by atoms with van der Waals surface area (Å²) >= 11 is 0. The fraction of sp³-hybridized carbons (Fsp3) is 0.667. The zero-order chi connectivity index (χ0) is 49.8. The quantitative estimate of drug-likeness (QED) is 0.0139. The molecule has 1 fully saturated rings. The largest absolute Gasteiger partial charge is 0.469 e. The molecule has 0 aromatic rings. The summed E-state index contributed by atoms with van der Waals surface area (Å²) in [5.41, 5.74) is 0.409. The van der Waals surface area contributed by atoms with Gasteiger partial charge in [0.05, 0.1) is 78.5 Å². The first kappa shape index (κ1) is 65.8. The first-order chi connectivity index (χ1) is 31.2. The molecule has 0 aliphatic carbocycles. The van der Waals surface area contributed by atoms with E-state index in [1.807, 2.05) is 0 Å². The second-order valence-corrected chi connectivity index (χ2v) is 14.8. The maximum absolute atomic E-state index is 11.6. The minimum absolute atomic E-state index is 0. The topological polar surface area (TPSA) is 211 Å². The number of methoxy groups -OCH3 is 6. The van der Waals surface area contributed by atoms with Crippen LogP contribution >= 0.6 is 0 Å². The van der Waals surface area contributed by atoms with Gasteiger partial charge in [-0.1, -0.05) is 129 Å². The van der Waals surface area contributed by atoms with Crippen molar-refractivity contribution < 1.29 is 103 Å². The number of hydrogen-bond acceptors (Lipinski definition) is 15. The number of carbonyl (C=O) groups is 6. The first-order valence-corrected chi connectivity index (χ1v) is 22.2. The van der Waals surface area contributed by atoms with E-state index in [1.54, 1.807) is 6.08 Å². The number of ether oxygens (including phenoxy) is 7. The molecule has 1 aliphatic heterocycles. The second kappa shape index (κ2) is 45.7. The van der Waals surface area contributed by atoms with E-state index in [0.29, 0.717) is 18.4 Å². The van der Waals surface area contributed by atoms with Gasteiger partial charge in [0.1, 0.15) is 6.10 Å². The summed E-state index contributed by atoms with van der Waals surface area (Å²) in [4.78, 5) is 68.2. The van der Waals surface area contributed by atoms with E-state index < -0.39 is 48.0 Å². The molecule has 1 rings (SSSR count). The van der Waals surface area contributed by atoms with E-state index in [4.69, 9.17) is 6.07 Å². The average molecular weight is 1150 g/mol. The van der Waals surface area contributed by atoms with Crippen molar-refractivity contribution in [2.45, 2.75) is 167 Å². The monoisotopic (exact) mass is 1150 g/mol. The van der Waals surface area contributed by atoms with Crippen molar-refractivity contribution in [3.8, 4) is 0 Å². The Morgan fingerprint density at radius 1 is 0.569 bits per heavy atom. The summed E-state index contributed by atoms with van der Waals surface area (Å²) in [6.45, 7) is 6.50. The summed E-state index contributed by atoms with van der Waals surface area (Å²) in [7, 11) is 11.2. The molecule has 2 radical (unpaired) electrons. The van der Waals surface area contributed by atoms with Crippen LogP contribution in [0.2, 0.25) is 0 Å². The van der Waals surface area contributed by atoms with Crippen molar-refractivity contribution in [3.63, 3.8) is 0 Å². The molecular weight excluding hydrogens is 1070 g/mol. The molecule has 2 N–H and O–H groups in total. The molecule has 65 heavy (non-hydrogen) atoms. The molecule has 0 aromatic heterocycles. The summed E-state index contributed by atoms with van der Waals surface area (Å²) in [5, 5.41) is 19.6. The van der Waals surface area contributed by atoms with Crippen LogP contribution < -0.4 is 0 Å². The molecule has 4 atom stereocenters. The van der Waals surface area contributed by atoms with E-state index in [2.05, 4.69) is 57.6 Å². The maximum Gasteiger partial charge on any atom is 0.338 e. The van der Waals surface area contributed by atoms with Gasteiger partial charge in [0, 0.05) is 57.2 Å². The molecule has 1 aliphatic rings. The van der Waals surface area contributed by atoms with Crippen LogP contribution in [-0.2, 0) is 61.9 Å². The van der Waals surface area contributed by atoms with Crippen LogP contribution in [-0.4, -0.2) is 123 Å². The van der Waals surface area contributed by atoms with E-state index in [9.17, 15) is 39.0 Å². The number of esters is 6. The molecule has 368 valence electrons. The van der Waals surface area contributed by atoms with Crippen LogP contribution in [0.25, 0.3) is 0 Å². The number of aliphatic hydroxyl groups excluding tert-OH is 2. The van der Waals surface area contributed by atoms with Gasteiger partial charge >= 0.3 is 35.8 Å². The van der Waals surface area contributed by atoms with Gasteiger partial charge in [0.25, 0.3) is 0 Å². The van der Waals surface area contributed by atoms with Crippen molar-refractivity contribution in [1.29, 1.82) is 1.34 Å². The average Bonchev–Trinajstić information content (AvgIpc) is 4.07. The number of aliphatic hydroxyl groups is 2. The number of epoxide rings is 1. The molecule has 0 spiro atoms. The van der Waals surface area contributed by atoms with Crippen molar-refractivity contribution in [1.82, 2.24) is 0 Å². The Hall–Kier alpha value is -3.48. The van der Waals surface area contributed by atoms with Crippen LogP contribution in [0.1, 0.15) is 143 Å². The molecule has 0 aromatic carbocycles.